The van der Waals surface area contributed by atoms with Crippen LogP contribution in [0.5, 0.6) is 0 Å². The summed E-state index contributed by atoms with van der Waals surface area (Å²) in [6.45, 7) is 2.64. The molecule has 0 atom stereocenters. The summed E-state index contributed by atoms with van der Waals surface area (Å²) in [5.41, 5.74) is 4.10. The third-order valence-electron chi connectivity index (χ3n) is 3.90. The highest BCUT2D eigenvalue weighted by molar-refractivity contribution is 7.22. The largest absolute Gasteiger partial charge is 0.330 e. The van der Waals surface area contributed by atoms with Crippen LogP contribution in [0.25, 0.3) is 21.3 Å². The van der Waals surface area contributed by atoms with Gasteiger partial charge in [0.1, 0.15) is 0 Å². The highest BCUT2D eigenvalue weighted by Gasteiger charge is 2.09. The second-order valence-corrected chi connectivity index (χ2v) is 6.75. The lowest BCUT2D eigenvalue weighted by molar-refractivity contribution is -0.116. The standard InChI is InChI=1S/C18H16N4OS/c1-12-6-7-14-16(10-12)24-18(20-14)21-17(23)8-9-22-11-19-13-4-2-3-5-15(13)22/h2-7,10-11H,8-9H2,1H3,(H,20,21,23). The summed E-state index contributed by atoms with van der Waals surface area (Å²) in [4.78, 5) is 21.0. The Morgan fingerprint density at radius 1 is 1.21 bits per heavy atom. The van der Waals surface area contributed by atoms with E-state index in [0.717, 1.165) is 21.3 Å². The lowest BCUT2D eigenvalue weighted by atomic mass is 10.2. The summed E-state index contributed by atoms with van der Waals surface area (Å²) in [5, 5.41) is 3.55. The number of thiazole rings is 1. The first-order valence-corrected chi connectivity index (χ1v) is 8.57. The predicted octanol–water partition coefficient (Wildman–Crippen LogP) is 3.98. The van der Waals surface area contributed by atoms with Crippen molar-refractivity contribution in [3.63, 3.8) is 0 Å². The molecule has 1 amide bonds. The zero-order chi connectivity index (χ0) is 16.5. The zero-order valence-electron chi connectivity index (χ0n) is 13.2. The molecule has 2 aromatic carbocycles. The van der Waals surface area contributed by atoms with Gasteiger partial charge >= 0.3 is 0 Å². The summed E-state index contributed by atoms with van der Waals surface area (Å²) in [5.74, 6) is -0.0384. The van der Waals surface area contributed by atoms with Gasteiger partial charge in [-0.15, -0.1) is 0 Å². The lowest BCUT2D eigenvalue weighted by Gasteiger charge is -2.04. The Morgan fingerprint density at radius 3 is 3.00 bits per heavy atom. The van der Waals surface area contributed by atoms with E-state index in [2.05, 4.69) is 21.4 Å². The number of nitrogens with zero attached hydrogens (tertiary/aromatic N) is 3. The molecular weight excluding hydrogens is 320 g/mol. The maximum Gasteiger partial charge on any atom is 0.227 e. The van der Waals surface area contributed by atoms with Crippen LogP contribution < -0.4 is 5.32 Å². The molecule has 0 saturated carbocycles. The van der Waals surface area contributed by atoms with Crippen LogP contribution in [-0.2, 0) is 11.3 Å². The van der Waals surface area contributed by atoms with Gasteiger partial charge in [0.15, 0.2) is 5.13 Å². The number of fused-ring (bicyclic) bond motifs is 2. The monoisotopic (exact) mass is 336 g/mol. The van der Waals surface area contributed by atoms with E-state index in [-0.39, 0.29) is 5.91 Å². The van der Waals surface area contributed by atoms with Crippen LogP contribution in [-0.4, -0.2) is 20.4 Å². The van der Waals surface area contributed by atoms with Gasteiger partial charge in [-0.3, -0.25) is 4.79 Å². The highest BCUT2D eigenvalue weighted by Crippen LogP contribution is 2.26. The van der Waals surface area contributed by atoms with Crippen molar-refractivity contribution >= 4 is 43.6 Å². The van der Waals surface area contributed by atoms with Gasteiger partial charge in [-0.1, -0.05) is 29.5 Å². The average molecular weight is 336 g/mol. The zero-order valence-corrected chi connectivity index (χ0v) is 14.0. The van der Waals surface area contributed by atoms with Crippen LogP contribution in [0.2, 0.25) is 0 Å². The lowest BCUT2D eigenvalue weighted by Crippen LogP contribution is -2.14. The van der Waals surface area contributed by atoms with Crippen LogP contribution in [0.3, 0.4) is 0 Å². The van der Waals surface area contributed by atoms with Crippen LogP contribution in [0.15, 0.2) is 48.8 Å². The Kier molecular flexibility index (Phi) is 3.74. The Bertz CT molecular complexity index is 1030. The molecule has 4 rings (SSSR count). The third-order valence-corrected chi connectivity index (χ3v) is 4.83. The Hall–Kier alpha value is -2.73. The molecule has 0 aliphatic carbocycles. The minimum atomic E-state index is -0.0384. The number of nitrogens with one attached hydrogen (secondary N) is 1. The number of aryl methyl sites for hydroxylation is 2. The van der Waals surface area contributed by atoms with Gasteiger partial charge in [0.05, 0.1) is 27.6 Å². The number of amides is 1. The van der Waals surface area contributed by atoms with Crippen LogP contribution >= 0.6 is 11.3 Å². The first kappa shape index (κ1) is 14.8. The van der Waals surface area contributed by atoms with Gasteiger partial charge in [-0.25, -0.2) is 9.97 Å². The molecule has 0 unspecified atom stereocenters. The van der Waals surface area contributed by atoms with Crippen molar-refractivity contribution in [2.45, 2.75) is 19.9 Å². The first-order chi connectivity index (χ1) is 11.7. The molecule has 0 bridgehead atoms. The van der Waals surface area contributed by atoms with Crippen molar-refractivity contribution in [3.8, 4) is 0 Å². The quantitative estimate of drug-likeness (QED) is 0.613. The number of imidazole rings is 1. The molecule has 0 aliphatic rings. The summed E-state index contributed by atoms with van der Waals surface area (Å²) < 4.78 is 3.09. The molecule has 0 spiro atoms. The number of anilines is 1. The van der Waals surface area contributed by atoms with Crippen molar-refractivity contribution in [2.75, 3.05) is 5.32 Å². The predicted molar refractivity (Wildman–Crippen MR) is 97.3 cm³/mol. The van der Waals surface area contributed by atoms with E-state index in [1.807, 2.05) is 47.9 Å². The number of para-hydroxylation sites is 2. The van der Waals surface area contributed by atoms with Gasteiger partial charge < -0.3 is 9.88 Å². The molecule has 1 N–H and O–H groups in total. The molecule has 5 nitrogen and oxygen atoms in total. The topological polar surface area (TPSA) is 59.8 Å². The van der Waals surface area contributed by atoms with Gasteiger partial charge in [0, 0.05) is 13.0 Å². The normalized spacial score (nSPS) is 11.2. The van der Waals surface area contributed by atoms with E-state index < -0.39 is 0 Å². The fourth-order valence-corrected chi connectivity index (χ4v) is 3.66. The molecule has 24 heavy (non-hydrogen) atoms. The average Bonchev–Trinajstić information content (AvgIpc) is 3.16. The van der Waals surface area contributed by atoms with Crippen molar-refractivity contribution < 1.29 is 4.79 Å². The van der Waals surface area contributed by atoms with Crippen LogP contribution in [0.1, 0.15) is 12.0 Å². The number of aromatic nitrogens is 3. The van der Waals surface area contributed by atoms with E-state index >= 15 is 0 Å². The maximum atomic E-state index is 12.2. The Labute approximate surface area is 143 Å². The number of carbonyl (C=O) groups excluding carboxylic acids is 1. The molecule has 4 aromatic rings. The number of hydrogen-bond donors (Lipinski definition) is 1. The first-order valence-electron chi connectivity index (χ1n) is 7.76. The molecule has 0 saturated heterocycles. The Balaban J connectivity index is 1.44. The summed E-state index contributed by atoms with van der Waals surface area (Å²) in [6, 6.07) is 14.0. The molecule has 6 heteroatoms. The van der Waals surface area contributed by atoms with Crippen molar-refractivity contribution in [1.82, 2.24) is 14.5 Å². The molecule has 0 aliphatic heterocycles. The second-order valence-electron chi connectivity index (χ2n) is 5.72. The number of hydrogen-bond acceptors (Lipinski definition) is 4. The third kappa shape index (κ3) is 2.88. The molecule has 2 aromatic heterocycles. The van der Waals surface area contributed by atoms with E-state index in [1.54, 1.807) is 6.33 Å². The smallest absolute Gasteiger partial charge is 0.227 e. The minimum absolute atomic E-state index is 0.0384. The Morgan fingerprint density at radius 2 is 2.08 bits per heavy atom. The SMILES string of the molecule is Cc1ccc2nc(NC(=O)CCn3cnc4ccccc43)sc2c1. The summed E-state index contributed by atoms with van der Waals surface area (Å²) in [7, 11) is 0. The van der Waals surface area contributed by atoms with Gasteiger partial charge in [-0.05, 0) is 36.8 Å². The van der Waals surface area contributed by atoms with E-state index in [0.29, 0.717) is 18.1 Å². The number of rotatable bonds is 4. The van der Waals surface area contributed by atoms with E-state index in [9.17, 15) is 4.79 Å². The number of benzene rings is 2. The highest BCUT2D eigenvalue weighted by atomic mass is 32.1. The minimum Gasteiger partial charge on any atom is -0.330 e. The van der Waals surface area contributed by atoms with Crippen LogP contribution in [0.4, 0.5) is 5.13 Å². The maximum absolute atomic E-state index is 12.2. The van der Waals surface area contributed by atoms with Gasteiger partial charge in [0.25, 0.3) is 0 Å². The summed E-state index contributed by atoms with van der Waals surface area (Å²) in [6.07, 6.45) is 2.16. The van der Waals surface area contributed by atoms with Crippen molar-refractivity contribution in [3.05, 3.63) is 54.4 Å². The van der Waals surface area contributed by atoms with E-state index in [1.165, 1.54) is 16.9 Å². The van der Waals surface area contributed by atoms with E-state index in [4.69, 9.17) is 0 Å². The molecule has 0 fully saturated rings. The molecule has 2 heterocycles. The van der Waals surface area contributed by atoms with Crippen molar-refractivity contribution in [1.29, 1.82) is 0 Å². The van der Waals surface area contributed by atoms with Gasteiger partial charge in [0.2, 0.25) is 5.91 Å². The molecular formula is C18H16N4OS. The molecule has 120 valence electrons. The van der Waals surface area contributed by atoms with Crippen molar-refractivity contribution in [2.24, 2.45) is 0 Å². The molecule has 0 radical (unpaired) electrons. The van der Waals surface area contributed by atoms with Crippen LogP contribution in [0, 0.1) is 6.92 Å². The fraction of sp³-hybridized carbons (Fsp3) is 0.167. The van der Waals surface area contributed by atoms with Gasteiger partial charge in [-0.2, -0.15) is 0 Å². The summed E-state index contributed by atoms with van der Waals surface area (Å²) >= 11 is 1.50. The number of carbonyl (C=O) groups is 1. The fourth-order valence-electron chi connectivity index (χ4n) is 2.68. The second kappa shape index (κ2) is 6.05.